The summed E-state index contributed by atoms with van der Waals surface area (Å²) in [6.07, 6.45) is 3.22. The van der Waals surface area contributed by atoms with Crippen LogP contribution in [0.5, 0.6) is 0 Å². The molecule has 1 N–H and O–H groups in total. The fourth-order valence-corrected chi connectivity index (χ4v) is 1.84. The van der Waals surface area contributed by atoms with Gasteiger partial charge in [0.25, 0.3) is 0 Å². The Bertz CT molecular complexity index is 556. The minimum atomic E-state index is 0.361. The summed E-state index contributed by atoms with van der Waals surface area (Å²) in [6, 6.07) is 8.44. The molecular formula is C12H8Cl2N2O. The molecule has 1 aromatic carbocycles. The molecule has 0 aliphatic heterocycles. The SMILES string of the molecule is ON=C(c1ccncc1)c1cc(Cl)ccc1Cl. The monoisotopic (exact) mass is 266 g/mol. The average Bonchev–Trinajstić information content (AvgIpc) is 2.36. The van der Waals surface area contributed by atoms with Gasteiger partial charge in [0.2, 0.25) is 0 Å². The molecule has 0 bridgehead atoms. The van der Waals surface area contributed by atoms with Crippen LogP contribution >= 0.6 is 23.2 Å². The Hall–Kier alpha value is -1.58. The van der Waals surface area contributed by atoms with Crippen molar-refractivity contribution in [2.45, 2.75) is 0 Å². The van der Waals surface area contributed by atoms with Crippen molar-refractivity contribution in [3.63, 3.8) is 0 Å². The van der Waals surface area contributed by atoms with Crippen molar-refractivity contribution < 1.29 is 5.21 Å². The fourth-order valence-electron chi connectivity index (χ4n) is 1.46. The van der Waals surface area contributed by atoms with Gasteiger partial charge in [0, 0.05) is 28.5 Å². The van der Waals surface area contributed by atoms with Crippen LogP contribution in [0.2, 0.25) is 10.0 Å². The van der Waals surface area contributed by atoms with Crippen LogP contribution in [-0.4, -0.2) is 15.9 Å². The van der Waals surface area contributed by atoms with Crippen LogP contribution in [0.1, 0.15) is 11.1 Å². The molecule has 0 aliphatic carbocycles. The molecule has 17 heavy (non-hydrogen) atoms. The highest BCUT2D eigenvalue weighted by Gasteiger charge is 2.12. The molecule has 0 aliphatic rings. The van der Waals surface area contributed by atoms with Crippen molar-refractivity contribution in [1.82, 2.24) is 4.98 Å². The molecule has 1 aromatic heterocycles. The Morgan fingerprint density at radius 2 is 1.82 bits per heavy atom. The summed E-state index contributed by atoms with van der Waals surface area (Å²) in [5.41, 5.74) is 1.65. The largest absolute Gasteiger partial charge is 0.410 e. The van der Waals surface area contributed by atoms with Crippen molar-refractivity contribution in [3.05, 3.63) is 63.9 Å². The van der Waals surface area contributed by atoms with Gasteiger partial charge in [-0.05, 0) is 30.3 Å². The van der Waals surface area contributed by atoms with Gasteiger partial charge < -0.3 is 5.21 Å². The number of hydrogen-bond acceptors (Lipinski definition) is 3. The molecule has 0 radical (unpaired) electrons. The predicted molar refractivity (Wildman–Crippen MR) is 68.1 cm³/mol. The lowest BCUT2D eigenvalue weighted by atomic mass is 10.0. The number of hydrogen-bond donors (Lipinski definition) is 1. The molecule has 3 nitrogen and oxygen atoms in total. The van der Waals surface area contributed by atoms with Gasteiger partial charge in [-0.1, -0.05) is 28.4 Å². The lowest BCUT2D eigenvalue weighted by molar-refractivity contribution is 0.319. The summed E-state index contributed by atoms with van der Waals surface area (Å²) in [5, 5.41) is 13.4. The van der Waals surface area contributed by atoms with Crippen LogP contribution in [-0.2, 0) is 0 Å². The van der Waals surface area contributed by atoms with Gasteiger partial charge in [0.05, 0.1) is 5.02 Å². The third-order valence-corrected chi connectivity index (χ3v) is 2.80. The minimum Gasteiger partial charge on any atom is -0.410 e. The number of halogens is 2. The number of nitrogens with zero attached hydrogens (tertiary/aromatic N) is 2. The van der Waals surface area contributed by atoms with E-state index < -0.39 is 0 Å². The molecule has 0 fully saturated rings. The molecule has 0 amide bonds. The third-order valence-electron chi connectivity index (χ3n) is 2.24. The zero-order chi connectivity index (χ0) is 12.3. The molecule has 5 heteroatoms. The van der Waals surface area contributed by atoms with E-state index in [1.165, 1.54) is 0 Å². The normalized spacial score (nSPS) is 11.5. The van der Waals surface area contributed by atoms with Gasteiger partial charge in [-0.25, -0.2) is 0 Å². The van der Waals surface area contributed by atoms with E-state index in [1.807, 2.05) is 0 Å². The van der Waals surface area contributed by atoms with Crippen LogP contribution in [0.4, 0.5) is 0 Å². The summed E-state index contributed by atoms with van der Waals surface area (Å²) in [6.45, 7) is 0. The van der Waals surface area contributed by atoms with E-state index in [2.05, 4.69) is 10.1 Å². The number of benzene rings is 1. The lowest BCUT2D eigenvalue weighted by Gasteiger charge is -2.07. The van der Waals surface area contributed by atoms with E-state index in [9.17, 15) is 0 Å². The number of oxime groups is 1. The first-order valence-corrected chi connectivity index (χ1v) is 5.56. The lowest BCUT2D eigenvalue weighted by Crippen LogP contribution is -2.04. The zero-order valence-electron chi connectivity index (χ0n) is 8.64. The Labute approximate surface area is 108 Å². The number of rotatable bonds is 2. The van der Waals surface area contributed by atoms with Crippen LogP contribution < -0.4 is 0 Å². The number of pyridine rings is 1. The Morgan fingerprint density at radius 1 is 1.12 bits per heavy atom. The Kier molecular flexibility index (Phi) is 3.61. The molecular weight excluding hydrogens is 259 g/mol. The van der Waals surface area contributed by atoms with E-state index in [0.29, 0.717) is 26.9 Å². The maximum Gasteiger partial charge on any atom is 0.118 e. The summed E-state index contributed by atoms with van der Waals surface area (Å²) in [7, 11) is 0. The first kappa shape index (κ1) is 11.9. The van der Waals surface area contributed by atoms with Gasteiger partial charge in [-0.2, -0.15) is 0 Å². The molecule has 0 saturated heterocycles. The smallest absolute Gasteiger partial charge is 0.118 e. The van der Waals surface area contributed by atoms with Gasteiger partial charge >= 0.3 is 0 Å². The maximum absolute atomic E-state index is 9.11. The number of aromatic nitrogens is 1. The topological polar surface area (TPSA) is 45.5 Å². The zero-order valence-corrected chi connectivity index (χ0v) is 10.2. The first-order chi connectivity index (χ1) is 8.22. The van der Waals surface area contributed by atoms with Gasteiger partial charge in [-0.15, -0.1) is 0 Å². The average molecular weight is 267 g/mol. The van der Waals surface area contributed by atoms with Crippen LogP contribution in [0, 0.1) is 0 Å². The first-order valence-electron chi connectivity index (χ1n) is 4.80. The second-order valence-corrected chi connectivity index (χ2v) is 4.15. The fraction of sp³-hybridized carbons (Fsp3) is 0. The molecule has 2 aromatic rings. The van der Waals surface area contributed by atoms with Crippen molar-refractivity contribution >= 4 is 28.9 Å². The van der Waals surface area contributed by atoms with Crippen LogP contribution in [0.25, 0.3) is 0 Å². The van der Waals surface area contributed by atoms with Gasteiger partial charge in [0.15, 0.2) is 0 Å². The maximum atomic E-state index is 9.11. The van der Waals surface area contributed by atoms with Crippen molar-refractivity contribution in [2.75, 3.05) is 0 Å². The van der Waals surface area contributed by atoms with E-state index in [4.69, 9.17) is 28.4 Å². The van der Waals surface area contributed by atoms with E-state index >= 15 is 0 Å². The quantitative estimate of drug-likeness (QED) is 0.513. The van der Waals surface area contributed by atoms with Gasteiger partial charge in [-0.3, -0.25) is 4.98 Å². The standard InChI is InChI=1S/C12H8Cl2N2O/c13-9-1-2-11(14)10(7-9)12(16-17)8-3-5-15-6-4-8/h1-7,17H. The molecule has 2 rings (SSSR count). The molecule has 1 heterocycles. The summed E-state index contributed by atoms with van der Waals surface area (Å²) >= 11 is 12.0. The van der Waals surface area contributed by atoms with Crippen LogP contribution in [0.3, 0.4) is 0 Å². The summed E-state index contributed by atoms with van der Waals surface area (Å²) in [5.74, 6) is 0. The Balaban J connectivity index is 2.54. The third kappa shape index (κ3) is 2.57. The van der Waals surface area contributed by atoms with Gasteiger partial charge in [0.1, 0.15) is 5.71 Å². The molecule has 86 valence electrons. The van der Waals surface area contributed by atoms with E-state index in [-0.39, 0.29) is 0 Å². The molecule has 0 atom stereocenters. The van der Waals surface area contributed by atoms with E-state index in [0.717, 1.165) is 0 Å². The van der Waals surface area contributed by atoms with Crippen LogP contribution in [0.15, 0.2) is 47.9 Å². The highest BCUT2D eigenvalue weighted by Crippen LogP contribution is 2.23. The van der Waals surface area contributed by atoms with Crippen molar-refractivity contribution in [2.24, 2.45) is 5.16 Å². The highest BCUT2D eigenvalue weighted by molar-refractivity contribution is 6.37. The van der Waals surface area contributed by atoms with E-state index in [1.54, 1.807) is 42.7 Å². The minimum absolute atomic E-state index is 0.361. The molecule has 0 unspecified atom stereocenters. The van der Waals surface area contributed by atoms with Crippen molar-refractivity contribution in [1.29, 1.82) is 0 Å². The van der Waals surface area contributed by atoms with Crippen molar-refractivity contribution in [3.8, 4) is 0 Å². The Morgan fingerprint density at radius 3 is 2.47 bits per heavy atom. The summed E-state index contributed by atoms with van der Waals surface area (Å²) < 4.78 is 0. The highest BCUT2D eigenvalue weighted by atomic mass is 35.5. The second-order valence-electron chi connectivity index (χ2n) is 3.31. The second kappa shape index (κ2) is 5.17. The predicted octanol–water partition coefficient (Wildman–Crippen LogP) is 3.62. The molecule has 0 saturated carbocycles. The summed E-state index contributed by atoms with van der Waals surface area (Å²) in [4.78, 5) is 3.90. The molecule has 0 spiro atoms.